The average Bonchev–Trinajstić information content (AvgIpc) is 1.60. The fourth-order valence-corrected chi connectivity index (χ4v) is 15.0. The molecule has 0 radical (unpaired) electrons. The number of aromatic nitrogens is 1. The van der Waals surface area contributed by atoms with Crippen LogP contribution in [0.15, 0.2) is 17.2 Å². The van der Waals surface area contributed by atoms with Crippen molar-refractivity contribution in [1.82, 2.24) is 52.0 Å². The maximum Gasteiger partial charge on any atom is 0.313 e. The fraction of sp³-hybridized carbons (Fsp3) is 0.643. The number of H-pyrrole nitrogens is 1. The number of aliphatic hydroxyl groups is 3. The molecule has 7 rings (SSSR count). The number of methoxy groups -OCH3 is 1. The Morgan fingerprint density at radius 3 is 1.77 bits per heavy atom. The van der Waals surface area contributed by atoms with E-state index in [0.29, 0.717) is 67.8 Å². The van der Waals surface area contributed by atoms with Gasteiger partial charge in [0.15, 0.2) is 0 Å². The Morgan fingerprint density at radius 2 is 1.21 bits per heavy atom. The Hall–Kier alpha value is -8.30. The molecule has 0 aliphatic carbocycles. The van der Waals surface area contributed by atoms with Crippen molar-refractivity contribution in [3.8, 4) is 11.5 Å². The number of amides is 10. The summed E-state index contributed by atoms with van der Waals surface area (Å²) in [6.45, 7) is 5.04. The number of aromatic amines is 1. The van der Waals surface area contributed by atoms with Crippen molar-refractivity contribution in [2.75, 3.05) is 145 Å². The molecule has 624 valence electrons. The molecule has 0 saturated carbocycles. The quantitative estimate of drug-likeness (QED) is 0.00734. The summed E-state index contributed by atoms with van der Waals surface area (Å²) < 4.78 is 131. The van der Waals surface area contributed by atoms with Crippen molar-refractivity contribution in [1.29, 1.82) is 0 Å². The van der Waals surface area contributed by atoms with Gasteiger partial charge in [0, 0.05) is 60.3 Å². The number of hydrogen-bond donors (Lipinski definition) is 12. The summed E-state index contributed by atoms with van der Waals surface area (Å²) in [5.74, 6) is -26.1. The first-order valence-electron chi connectivity index (χ1n) is 36.4. The molecule has 4 aliphatic rings. The molecule has 4 unspecified atom stereocenters. The van der Waals surface area contributed by atoms with Crippen LogP contribution in [0.4, 0.5) is 22.0 Å². The van der Waals surface area contributed by atoms with Gasteiger partial charge in [0.1, 0.15) is 47.0 Å². The van der Waals surface area contributed by atoms with Gasteiger partial charge in [-0.15, -0.1) is 0 Å². The maximum atomic E-state index is 15.5. The maximum absolute atomic E-state index is 15.5. The molecule has 10 amide bonds. The van der Waals surface area contributed by atoms with Crippen molar-refractivity contribution in [2.24, 2.45) is 17.6 Å². The van der Waals surface area contributed by atoms with Crippen LogP contribution in [0.3, 0.4) is 0 Å². The van der Waals surface area contributed by atoms with E-state index in [1.165, 1.54) is 25.8 Å². The number of benzene rings is 2. The lowest BCUT2D eigenvalue weighted by molar-refractivity contribution is -0.144. The molecule has 3 aromatic rings. The molecule has 42 heteroatoms. The van der Waals surface area contributed by atoms with Crippen molar-refractivity contribution >= 4 is 98.5 Å². The van der Waals surface area contributed by atoms with Crippen LogP contribution in [-0.2, 0) is 109 Å². The highest BCUT2D eigenvalue weighted by Crippen LogP contribution is 2.39. The van der Waals surface area contributed by atoms with Crippen molar-refractivity contribution in [2.45, 2.75) is 137 Å². The molecular weight excluding hydrogens is 1540 g/mol. The molecule has 2 fully saturated rings. The number of halogens is 5. The molecule has 5 heterocycles. The third kappa shape index (κ3) is 26.4. The molecule has 2 aromatic carbocycles. The number of ether oxygens (including phenoxy) is 9. The molecule has 2 bridgehead atoms. The van der Waals surface area contributed by atoms with E-state index in [2.05, 4.69) is 46.9 Å². The number of piperidine rings is 1. The monoisotopic (exact) mass is 1640 g/mol. The SMILES string of the molecule is CC[C@H](C)[C@@H]1NC(=O)CNC(=O)[C@@H]2Cc3c([nH]c4c(CSC5CCN(C(=O)CCOCCOCCOCCOCCOCCOCCOCCC(=O)Oc6c(F)c(F)c(F)c(F)c6F)CC5)c(OC)ccc34)S(=O)CC(NC(=O)CNC1=O)C(=O)N[C@@H](CC(N)=O)C(=O)N1C[C@H](O)C[C@H]1C(=O)NC([C@@H](C)C(O)CO)C(=O)N2. The van der Waals surface area contributed by atoms with E-state index in [1.54, 1.807) is 30.9 Å². The van der Waals surface area contributed by atoms with E-state index >= 15 is 4.21 Å². The summed E-state index contributed by atoms with van der Waals surface area (Å²) in [5.41, 5.74) is 6.55. The van der Waals surface area contributed by atoms with Gasteiger partial charge < -0.3 is 116 Å². The number of carbonyl (C=O) groups excluding carboxylic acids is 11. The zero-order chi connectivity index (χ0) is 81.7. The Morgan fingerprint density at radius 1 is 0.670 bits per heavy atom. The third-order valence-electron chi connectivity index (χ3n) is 18.8. The first-order chi connectivity index (χ1) is 53.6. The second-order valence-corrected chi connectivity index (χ2v) is 29.4. The highest BCUT2D eigenvalue weighted by atomic mass is 32.2. The summed E-state index contributed by atoms with van der Waals surface area (Å²) in [6, 6.07) is -7.10. The molecule has 13 N–H and O–H groups in total. The Balaban J connectivity index is 0.926. The molecule has 1 aromatic heterocycles. The first-order valence-corrected chi connectivity index (χ1v) is 38.8. The minimum atomic E-state index is -2.48. The highest BCUT2D eigenvalue weighted by molar-refractivity contribution is 7.99. The van der Waals surface area contributed by atoms with Gasteiger partial charge in [-0.1, -0.05) is 27.2 Å². The number of thioether (sulfide) groups is 1. The summed E-state index contributed by atoms with van der Waals surface area (Å²) in [5, 5.41) is 49.8. The second-order valence-electron chi connectivity index (χ2n) is 26.6. The predicted molar refractivity (Wildman–Crippen MR) is 385 cm³/mol. The lowest BCUT2D eigenvalue weighted by atomic mass is 9.93. The second kappa shape index (κ2) is 45.6. The van der Waals surface area contributed by atoms with E-state index < -0.39 is 223 Å². The molecular formula is C70H98F5N11O24S2. The van der Waals surface area contributed by atoms with E-state index in [0.717, 1.165) is 4.90 Å². The third-order valence-corrected chi connectivity index (χ3v) is 21.6. The number of likely N-dealkylation sites (tertiary alicyclic amines) is 1. The summed E-state index contributed by atoms with van der Waals surface area (Å²) >= 11 is 1.54. The zero-order valence-corrected chi connectivity index (χ0v) is 63.9. The molecule has 112 heavy (non-hydrogen) atoms. The number of primary amides is 1. The number of carbonyl (C=O) groups is 11. The number of fused-ring (bicyclic) bond motifs is 5. The van der Waals surface area contributed by atoms with Crippen LogP contribution in [0.1, 0.15) is 76.8 Å². The van der Waals surface area contributed by atoms with E-state index in [4.69, 9.17) is 43.6 Å². The van der Waals surface area contributed by atoms with Gasteiger partial charge in [0.25, 0.3) is 0 Å². The Kier molecular flexibility index (Phi) is 37.0. The summed E-state index contributed by atoms with van der Waals surface area (Å²) in [6.07, 6.45) is -3.93. The number of nitrogens with one attached hydrogen (secondary N) is 8. The summed E-state index contributed by atoms with van der Waals surface area (Å²) in [7, 11) is -1.05. The van der Waals surface area contributed by atoms with Crippen molar-refractivity contribution in [3.63, 3.8) is 0 Å². The van der Waals surface area contributed by atoms with Crippen LogP contribution in [0.2, 0.25) is 0 Å². The minimum Gasteiger partial charge on any atom is -0.496 e. The van der Waals surface area contributed by atoms with Crippen LogP contribution in [0, 0.1) is 40.9 Å². The van der Waals surface area contributed by atoms with Gasteiger partial charge >= 0.3 is 5.97 Å². The number of nitrogens with two attached hydrogens (primary N) is 1. The fourth-order valence-electron chi connectivity index (χ4n) is 12.4. The lowest BCUT2D eigenvalue weighted by Gasteiger charge is -2.32. The Labute approximate surface area is 647 Å². The van der Waals surface area contributed by atoms with Gasteiger partial charge in [-0.25, -0.2) is 13.2 Å². The van der Waals surface area contributed by atoms with Crippen molar-refractivity contribution < 1.29 is 137 Å². The van der Waals surface area contributed by atoms with Gasteiger partial charge in [-0.3, -0.25) is 56.9 Å². The minimum absolute atomic E-state index is 0.00587. The number of aliphatic hydroxyl groups excluding tert-OH is 3. The Bertz CT molecular complexity index is 3760. The largest absolute Gasteiger partial charge is 0.496 e. The first kappa shape index (κ1) is 90.9. The number of esters is 1. The predicted octanol–water partition coefficient (Wildman–Crippen LogP) is -2.20. The van der Waals surface area contributed by atoms with Crippen LogP contribution in [0.25, 0.3) is 10.9 Å². The van der Waals surface area contributed by atoms with E-state index in [1.807, 2.05) is 0 Å². The molecule has 4 aliphatic heterocycles. The molecule has 2 saturated heterocycles. The number of hydrogen-bond acceptors (Lipinski definition) is 25. The highest BCUT2D eigenvalue weighted by Gasteiger charge is 2.46. The molecule has 11 atom stereocenters. The van der Waals surface area contributed by atoms with Crippen LogP contribution in [-0.4, -0.2) is 298 Å². The van der Waals surface area contributed by atoms with Gasteiger partial charge in [0.05, 0.1) is 173 Å². The van der Waals surface area contributed by atoms with Gasteiger partial charge in [-0.2, -0.15) is 20.5 Å². The van der Waals surface area contributed by atoms with Crippen molar-refractivity contribution in [3.05, 3.63) is 52.3 Å². The number of rotatable bonds is 36. The van der Waals surface area contributed by atoms with E-state index in [9.17, 15) is 90.0 Å². The standard InChI is InChI=1S/C70H98F5N11O24S2/c1-5-37(2)60-67(98)78-31-51(91)79-46-36-112(101)69-42(29-44(64(95)77-32-52(92)82-60)80-68(99)61(38(3)48(89)34-87)83-66(97)47-28-39(88)33-86(47)70(100)45(30-50(76)90)81-65(46)96)41-6-7-49(102-4)43(62(41)84-69)35-111-40-8-12-85(13-9-40)53(93)10-14-103-16-18-105-20-22-107-24-26-109-27-25-108-23-21-106-19-17-104-15-11-54(94)110-63-58(74)56(72)55(71)57(73)59(63)75/h6-7,37-40,44-48,60-61,84,87-89H,5,8-36H2,1-4H3,(H2,76,90)(H,77,95)(H,78,98)(H,79,91)(H,80,99)(H,81,96)(H,82,92)(H,83,97)/t37-,38-,39+,44-,45-,46?,47-,48?,60-,61?,112?/m0/s1. The molecule has 35 nitrogen and oxygen atoms in total. The van der Waals surface area contributed by atoms with Gasteiger partial charge in [-0.05, 0) is 36.5 Å². The molecule has 0 spiro atoms. The average molecular weight is 1640 g/mol. The zero-order valence-electron chi connectivity index (χ0n) is 62.3. The number of nitrogens with zero attached hydrogens (tertiary/aromatic N) is 2. The lowest BCUT2D eigenvalue weighted by Crippen LogP contribution is -2.62. The summed E-state index contributed by atoms with van der Waals surface area (Å²) in [4.78, 5) is 159. The van der Waals surface area contributed by atoms with Crippen LogP contribution in [0.5, 0.6) is 11.5 Å². The van der Waals surface area contributed by atoms with E-state index in [-0.39, 0.29) is 113 Å². The smallest absolute Gasteiger partial charge is 0.313 e. The topological polar surface area (TPSA) is 481 Å². The normalized spacial score (nSPS) is 22.3. The van der Waals surface area contributed by atoms with Gasteiger partial charge in [0.2, 0.25) is 93.9 Å². The van der Waals surface area contributed by atoms with Crippen LogP contribution < -0.4 is 52.4 Å². The van der Waals surface area contributed by atoms with Crippen LogP contribution >= 0.6 is 11.8 Å².